The van der Waals surface area contributed by atoms with Gasteiger partial charge in [0, 0.05) is 17.0 Å². The third-order valence-corrected chi connectivity index (χ3v) is 4.13. The number of aliphatic hydroxyl groups is 1. The van der Waals surface area contributed by atoms with Crippen molar-refractivity contribution in [1.29, 1.82) is 0 Å². The Morgan fingerprint density at radius 3 is 3.07 bits per heavy atom. The van der Waals surface area contributed by atoms with E-state index >= 15 is 0 Å². The van der Waals surface area contributed by atoms with Crippen molar-refractivity contribution in [3.63, 3.8) is 0 Å². The summed E-state index contributed by atoms with van der Waals surface area (Å²) in [5.41, 5.74) is 3.17. The summed E-state index contributed by atoms with van der Waals surface area (Å²) in [6, 6.07) is 6.21. The van der Waals surface area contributed by atoms with Gasteiger partial charge in [-0.05, 0) is 48.4 Å². The standard InChI is InChI=1S/C12H13ClO/c13-10-1-2-11-8(5-10)3-4-12(11)6-9(12)7-14/h1-2,5,9,14H,3-4,6-7H2. The fourth-order valence-electron chi connectivity index (χ4n) is 3.00. The molecule has 1 nitrogen and oxygen atoms in total. The smallest absolute Gasteiger partial charge is 0.0468 e. The van der Waals surface area contributed by atoms with Gasteiger partial charge in [-0.1, -0.05) is 17.7 Å². The van der Waals surface area contributed by atoms with Gasteiger partial charge in [0.25, 0.3) is 0 Å². The fourth-order valence-corrected chi connectivity index (χ4v) is 3.20. The van der Waals surface area contributed by atoms with Gasteiger partial charge in [0.15, 0.2) is 0 Å². The summed E-state index contributed by atoms with van der Waals surface area (Å²) in [6.07, 6.45) is 3.50. The molecule has 1 aromatic carbocycles. The summed E-state index contributed by atoms with van der Waals surface area (Å²) in [5.74, 6) is 0.505. The lowest BCUT2D eigenvalue weighted by atomic mass is 9.96. The monoisotopic (exact) mass is 208 g/mol. The zero-order chi connectivity index (χ0) is 9.76. The SMILES string of the molecule is OCC1CC12CCc1cc(Cl)ccc12. The zero-order valence-electron chi connectivity index (χ0n) is 7.96. The van der Waals surface area contributed by atoms with E-state index in [1.165, 1.54) is 17.5 Å². The number of halogens is 1. The quantitative estimate of drug-likeness (QED) is 0.752. The number of fused-ring (bicyclic) bond motifs is 2. The van der Waals surface area contributed by atoms with Crippen LogP contribution in [0, 0.1) is 5.92 Å². The summed E-state index contributed by atoms with van der Waals surface area (Å²) in [6.45, 7) is 0.335. The van der Waals surface area contributed by atoms with E-state index in [9.17, 15) is 5.11 Å². The van der Waals surface area contributed by atoms with Crippen molar-refractivity contribution in [3.05, 3.63) is 34.3 Å². The minimum Gasteiger partial charge on any atom is -0.396 e. The van der Waals surface area contributed by atoms with Crippen LogP contribution in [0.15, 0.2) is 18.2 Å². The van der Waals surface area contributed by atoms with Crippen molar-refractivity contribution < 1.29 is 5.11 Å². The normalized spacial score (nSPS) is 33.4. The van der Waals surface area contributed by atoms with Crippen molar-refractivity contribution in [2.45, 2.75) is 24.7 Å². The maximum absolute atomic E-state index is 9.19. The van der Waals surface area contributed by atoms with Gasteiger partial charge in [0.05, 0.1) is 0 Å². The number of aryl methyl sites for hydroxylation is 1. The third kappa shape index (κ3) is 0.999. The van der Waals surface area contributed by atoms with Crippen LogP contribution in [0.1, 0.15) is 24.0 Å². The average Bonchev–Trinajstić information content (AvgIpc) is 2.78. The highest BCUT2D eigenvalue weighted by atomic mass is 35.5. The Morgan fingerprint density at radius 2 is 2.36 bits per heavy atom. The van der Waals surface area contributed by atoms with Crippen LogP contribution >= 0.6 is 11.6 Å². The largest absolute Gasteiger partial charge is 0.396 e. The molecule has 1 spiro atoms. The number of benzene rings is 1. The number of hydrogen-bond acceptors (Lipinski definition) is 1. The van der Waals surface area contributed by atoms with Crippen LogP contribution in [0.25, 0.3) is 0 Å². The minimum atomic E-state index is 0.328. The van der Waals surface area contributed by atoms with Gasteiger partial charge in [0.2, 0.25) is 0 Å². The molecular formula is C12H13ClO. The van der Waals surface area contributed by atoms with Crippen LogP contribution in [0.2, 0.25) is 5.02 Å². The molecule has 2 aliphatic rings. The molecule has 14 heavy (non-hydrogen) atoms. The maximum atomic E-state index is 9.19. The first-order chi connectivity index (χ1) is 6.76. The van der Waals surface area contributed by atoms with Gasteiger partial charge in [0.1, 0.15) is 0 Å². The van der Waals surface area contributed by atoms with E-state index in [1.54, 1.807) is 0 Å². The Hall–Kier alpha value is -0.530. The van der Waals surface area contributed by atoms with Crippen LogP contribution in [0.3, 0.4) is 0 Å². The van der Waals surface area contributed by atoms with E-state index in [2.05, 4.69) is 12.1 Å². The Morgan fingerprint density at radius 1 is 1.50 bits per heavy atom. The number of aliphatic hydroxyl groups excluding tert-OH is 1. The first-order valence-corrected chi connectivity index (χ1v) is 5.54. The molecule has 0 saturated heterocycles. The highest BCUT2D eigenvalue weighted by molar-refractivity contribution is 6.30. The predicted molar refractivity (Wildman–Crippen MR) is 56.6 cm³/mol. The van der Waals surface area contributed by atoms with Gasteiger partial charge in [-0.15, -0.1) is 0 Å². The Balaban J connectivity index is 2.04. The second-order valence-corrected chi connectivity index (χ2v) is 4.98. The molecule has 1 aromatic rings. The van der Waals surface area contributed by atoms with E-state index in [0.29, 0.717) is 17.9 Å². The summed E-state index contributed by atoms with van der Waals surface area (Å²) < 4.78 is 0. The lowest BCUT2D eigenvalue weighted by Crippen LogP contribution is -2.06. The lowest BCUT2D eigenvalue weighted by molar-refractivity contribution is 0.263. The van der Waals surface area contributed by atoms with Gasteiger partial charge in [-0.2, -0.15) is 0 Å². The molecule has 74 valence electrons. The lowest BCUT2D eigenvalue weighted by Gasteiger charge is -2.10. The molecule has 0 amide bonds. The first-order valence-electron chi connectivity index (χ1n) is 5.16. The van der Waals surface area contributed by atoms with E-state index in [1.807, 2.05) is 6.07 Å². The minimum absolute atomic E-state index is 0.328. The first kappa shape index (κ1) is 8.75. The summed E-state index contributed by atoms with van der Waals surface area (Å²) >= 11 is 5.96. The number of rotatable bonds is 1. The summed E-state index contributed by atoms with van der Waals surface area (Å²) in [7, 11) is 0. The average molecular weight is 209 g/mol. The summed E-state index contributed by atoms with van der Waals surface area (Å²) in [5, 5.41) is 10.0. The van der Waals surface area contributed by atoms with Crippen molar-refractivity contribution in [3.8, 4) is 0 Å². The second kappa shape index (κ2) is 2.74. The second-order valence-electron chi connectivity index (χ2n) is 4.54. The molecule has 2 atom stereocenters. The van der Waals surface area contributed by atoms with Crippen molar-refractivity contribution in [1.82, 2.24) is 0 Å². The van der Waals surface area contributed by atoms with Gasteiger partial charge < -0.3 is 5.11 Å². The van der Waals surface area contributed by atoms with Crippen LogP contribution in [0.5, 0.6) is 0 Å². The maximum Gasteiger partial charge on any atom is 0.0468 e. The molecule has 0 aliphatic heterocycles. The number of hydrogen-bond donors (Lipinski definition) is 1. The van der Waals surface area contributed by atoms with Gasteiger partial charge >= 0.3 is 0 Å². The van der Waals surface area contributed by atoms with Crippen molar-refractivity contribution in [2.75, 3.05) is 6.61 Å². The Kier molecular flexibility index (Phi) is 1.71. The molecule has 0 heterocycles. The van der Waals surface area contributed by atoms with E-state index < -0.39 is 0 Å². The van der Waals surface area contributed by atoms with Crippen LogP contribution in [0.4, 0.5) is 0 Å². The van der Waals surface area contributed by atoms with Crippen molar-refractivity contribution in [2.24, 2.45) is 5.92 Å². The Labute approximate surface area is 88.7 Å². The fraction of sp³-hybridized carbons (Fsp3) is 0.500. The molecule has 0 radical (unpaired) electrons. The van der Waals surface area contributed by atoms with Crippen LogP contribution < -0.4 is 0 Å². The Bertz CT molecular complexity index is 388. The highest BCUT2D eigenvalue weighted by Gasteiger charge is 2.57. The molecule has 2 aliphatic carbocycles. The molecule has 1 N–H and O–H groups in total. The third-order valence-electron chi connectivity index (χ3n) is 3.90. The van der Waals surface area contributed by atoms with Crippen LogP contribution in [-0.4, -0.2) is 11.7 Å². The topological polar surface area (TPSA) is 20.2 Å². The van der Waals surface area contributed by atoms with E-state index in [0.717, 1.165) is 17.9 Å². The van der Waals surface area contributed by atoms with E-state index in [4.69, 9.17) is 11.6 Å². The molecule has 3 rings (SSSR count). The zero-order valence-corrected chi connectivity index (χ0v) is 8.72. The molecule has 1 saturated carbocycles. The highest BCUT2D eigenvalue weighted by Crippen LogP contribution is 2.61. The molecule has 2 heteroatoms. The molecule has 0 aromatic heterocycles. The van der Waals surface area contributed by atoms with Gasteiger partial charge in [-0.3, -0.25) is 0 Å². The molecule has 1 fully saturated rings. The molecule has 0 bridgehead atoms. The molecule has 2 unspecified atom stereocenters. The van der Waals surface area contributed by atoms with E-state index in [-0.39, 0.29) is 0 Å². The summed E-state index contributed by atoms with van der Waals surface area (Å²) in [4.78, 5) is 0. The van der Waals surface area contributed by atoms with Gasteiger partial charge in [-0.25, -0.2) is 0 Å². The van der Waals surface area contributed by atoms with Crippen LogP contribution in [-0.2, 0) is 11.8 Å². The predicted octanol–water partition coefficient (Wildman–Crippen LogP) is 2.54. The molecular weight excluding hydrogens is 196 g/mol. The van der Waals surface area contributed by atoms with Crippen molar-refractivity contribution >= 4 is 11.6 Å².